The second kappa shape index (κ2) is 6.78. The number of benzene rings is 1. The van der Waals surface area contributed by atoms with Gasteiger partial charge in [0.1, 0.15) is 22.6 Å². The zero-order chi connectivity index (χ0) is 19.1. The van der Waals surface area contributed by atoms with Gasteiger partial charge in [-0.2, -0.15) is 4.98 Å². The van der Waals surface area contributed by atoms with Gasteiger partial charge in [-0.3, -0.25) is 4.99 Å². The molecule has 1 aromatic carbocycles. The molecule has 1 aliphatic heterocycles. The summed E-state index contributed by atoms with van der Waals surface area (Å²) in [4.78, 5) is 18.3. The lowest BCUT2D eigenvalue weighted by atomic mass is 9.87. The van der Waals surface area contributed by atoms with Gasteiger partial charge in [0.2, 0.25) is 5.28 Å². The van der Waals surface area contributed by atoms with Gasteiger partial charge in [0.15, 0.2) is 5.65 Å². The Morgan fingerprint density at radius 3 is 2.75 bits per heavy atom. The van der Waals surface area contributed by atoms with Crippen LogP contribution in [0, 0.1) is 5.82 Å². The van der Waals surface area contributed by atoms with Crippen molar-refractivity contribution in [1.29, 1.82) is 0 Å². The van der Waals surface area contributed by atoms with Crippen LogP contribution >= 0.6 is 11.6 Å². The topological polar surface area (TPSA) is 56.0 Å². The molecule has 1 atom stereocenters. The summed E-state index contributed by atoms with van der Waals surface area (Å²) in [6.45, 7) is 0. The second-order valence-electron chi connectivity index (χ2n) is 7.43. The molecular formula is C21H19ClFN5. The lowest BCUT2D eigenvalue weighted by molar-refractivity contribution is 0.524. The van der Waals surface area contributed by atoms with Gasteiger partial charge < -0.3 is 4.57 Å². The maximum absolute atomic E-state index is 14.4. The van der Waals surface area contributed by atoms with Gasteiger partial charge in [-0.1, -0.05) is 31.0 Å². The molecule has 5 nitrogen and oxygen atoms in total. The molecule has 0 bridgehead atoms. The summed E-state index contributed by atoms with van der Waals surface area (Å²) in [6, 6.07) is 7.13. The van der Waals surface area contributed by atoms with Crippen molar-refractivity contribution in [1.82, 2.24) is 19.5 Å². The van der Waals surface area contributed by atoms with Crippen LogP contribution < -0.4 is 0 Å². The highest BCUT2D eigenvalue weighted by Gasteiger charge is 2.37. The van der Waals surface area contributed by atoms with Crippen LogP contribution in [-0.4, -0.2) is 25.7 Å². The minimum atomic E-state index is -0.845. The maximum Gasteiger partial charge on any atom is 0.224 e. The SMILES string of the molecule is Fc1ccccc1CC1(c2nc(Cl)nc3c2ncn3C2CCCC2)C=CC=N1. The standard InChI is InChI=1S/C21H19ClFN5/c22-20-26-18(17-19(27-20)28(13-24-17)15-7-2-3-8-15)21(10-5-11-25-21)12-14-6-1-4-9-16(14)23/h1,4-6,9-11,13,15H,2-3,7-8,12H2. The van der Waals surface area contributed by atoms with Crippen molar-refractivity contribution in [3.63, 3.8) is 0 Å². The number of nitrogens with zero attached hydrogens (tertiary/aromatic N) is 5. The Kier molecular flexibility index (Phi) is 4.23. The van der Waals surface area contributed by atoms with Crippen LogP contribution in [0.25, 0.3) is 11.2 Å². The van der Waals surface area contributed by atoms with E-state index >= 15 is 0 Å². The molecule has 28 heavy (non-hydrogen) atoms. The summed E-state index contributed by atoms with van der Waals surface area (Å²) in [5, 5.41) is 0.158. The van der Waals surface area contributed by atoms with E-state index in [-0.39, 0.29) is 11.1 Å². The molecule has 2 aromatic heterocycles. The Labute approximate surface area is 167 Å². The minimum Gasteiger partial charge on any atom is -0.312 e. The Morgan fingerprint density at radius 2 is 2.00 bits per heavy atom. The van der Waals surface area contributed by atoms with E-state index in [0.717, 1.165) is 18.5 Å². The highest BCUT2D eigenvalue weighted by Crippen LogP contribution is 2.39. The second-order valence-corrected chi connectivity index (χ2v) is 7.77. The number of hydrogen-bond donors (Lipinski definition) is 0. The molecule has 1 unspecified atom stereocenters. The number of hydrogen-bond acceptors (Lipinski definition) is 4. The predicted molar refractivity (Wildman–Crippen MR) is 107 cm³/mol. The fourth-order valence-electron chi connectivity index (χ4n) is 4.32. The third-order valence-corrected chi connectivity index (χ3v) is 5.87. The molecule has 0 saturated heterocycles. The third kappa shape index (κ3) is 2.83. The van der Waals surface area contributed by atoms with E-state index in [4.69, 9.17) is 11.6 Å². The van der Waals surface area contributed by atoms with Crippen LogP contribution in [0.15, 0.2) is 47.7 Å². The number of halogens is 2. The Balaban J connectivity index is 1.67. The van der Waals surface area contributed by atoms with E-state index in [0.29, 0.717) is 29.2 Å². The van der Waals surface area contributed by atoms with Gasteiger partial charge in [-0.05, 0) is 48.2 Å². The number of imidazole rings is 1. The van der Waals surface area contributed by atoms with E-state index in [1.165, 1.54) is 18.9 Å². The minimum absolute atomic E-state index is 0.158. The van der Waals surface area contributed by atoms with Crippen molar-refractivity contribution >= 4 is 29.0 Å². The number of allylic oxidation sites excluding steroid dienone is 1. The predicted octanol–water partition coefficient (Wildman–Crippen LogP) is 4.81. The van der Waals surface area contributed by atoms with Gasteiger partial charge >= 0.3 is 0 Å². The van der Waals surface area contributed by atoms with E-state index < -0.39 is 5.54 Å². The van der Waals surface area contributed by atoms with E-state index in [1.54, 1.807) is 18.3 Å². The van der Waals surface area contributed by atoms with Gasteiger partial charge in [0, 0.05) is 18.7 Å². The number of aromatic nitrogens is 4. The zero-order valence-corrected chi connectivity index (χ0v) is 16.0. The van der Waals surface area contributed by atoms with Crippen molar-refractivity contribution in [2.75, 3.05) is 0 Å². The van der Waals surface area contributed by atoms with E-state index in [1.807, 2.05) is 24.5 Å². The van der Waals surface area contributed by atoms with Gasteiger partial charge in [-0.15, -0.1) is 0 Å². The van der Waals surface area contributed by atoms with E-state index in [9.17, 15) is 4.39 Å². The van der Waals surface area contributed by atoms with Crippen LogP contribution in [0.2, 0.25) is 5.28 Å². The summed E-state index contributed by atoms with van der Waals surface area (Å²) < 4.78 is 16.5. The molecule has 2 aliphatic rings. The van der Waals surface area contributed by atoms with Crippen LogP contribution in [0.1, 0.15) is 43.0 Å². The molecular weight excluding hydrogens is 377 g/mol. The average Bonchev–Trinajstić information content (AvgIpc) is 3.43. The third-order valence-electron chi connectivity index (χ3n) is 5.70. The molecule has 0 N–H and O–H groups in total. The molecule has 7 heteroatoms. The fourth-order valence-corrected chi connectivity index (χ4v) is 4.49. The normalized spacial score (nSPS) is 21.9. The van der Waals surface area contributed by atoms with Crippen molar-refractivity contribution in [2.45, 2.75) is 43.7 Å². The lowest BCUT2D eigenvalue weighted by Gasteiger charge is -2.24. The zero-order valence-electron chi connectivity index (χ0n) is 15.2. The first-order chi connectivity index (χ1) is 13.7. The number of fused-ring (bicyclic) bond motifs is 1. The number of aliphatic imine (C=N–C) groups is 1. The van der Waals surface area contributed by atoms with Gasteiger partial charge in [0.25, 0.3) is 0 Å². The Bertz CT molecular complexity index is 1090. The first-order valence-corrected chi connectivity index (χ1v) is 9.91. The molecule has 5 rings (SSSR count). The van der Waals surface area contributed by atoms with Crippen LogP contribution in [-0.2, 0) is 12.0 Å². The quantitative estimate of drug-likeness (QED) is 0.595. The smallest absolute Gasteiger partial charge is 0.224 e. The van der Waals surface area contributed by atoms with E-state index in [2.05, 4.69) is 24.5 Å². The summed E-state index contributed by atoms with van der Waals surface area (Å²) >= 11 is 6.32. The van der Waals surface area contributed by atoms with Crippen molar-refractivity contribution in [2.24, 2.45) is 4.99 Å². The largest absolute Gasteiger partial charge is 0.312 e. The summed E-state index contributed by atoms with van der Waals surface area (Å²) in [7, 11) is 0. The molecule has 0 spiro atoms. The van der Waals surface area contributed by atoms with Crippen molar-refractivity contribution in [3.8, 4) is 0 Å². The van der Waals surface area contributed by atoms with Crippen molar-refractivity contribution in [3.05, 3.63) is 65.1 Å². The highest BCUT2D eigenvalue weighted by atomic mass is 35.5. The Morgan fingerprint density at radius 1 is 1.18 bits per heavy atom. The molecule has 3 heterocycles. The maximum atomic E-state index is 14.4. The molecule has 1 fully saturated rings. The summed E-state index contributed by atoms with van der Waals surface area (Å²) in [5.41, 5.74) is 1.75. The number of rotatable bonds is 4. The van der Waals surface area contributed by atoms with Gasteiger partial charge in [-0.25, -0.2) is 14.4 Å². The van der Waals surface area contributed by atoms with Crippen LogP contribution in [0.3, 0.4) is 0 Å². The van der Waals surface area contributed by atoms with Crippen molar-refractivity contribution < 1.29 is 4.39 Å². The molecule has 0 radical (unpaired) electrons. The molecule has 1 aliphatic carbocycles. The fraction of sp³-hybridized carbons (Fsp3) is 0.333. The van der Waals surface area contributed by atoms with Crippen LogP contribution in [0.4, 0.5) is 4.39 Å². The summed E-state index contributed by atoms with van der Waals surface area (Å²) in [6.07, 6.45) is 12.3. The average molecular weight is 396 g/mol. The molecule has 1 saturated carbocycles. The molecule has 3 aromatic rings. The highest BCUT2D eigenvalue weighted by molar-refractivity contribution is 6.28. The Hall–Kier alpha value is -2.60. The van der Waals surface area contributed by atoms with Gasteiger partial charge in [0.05, 0.1) is 6.33 Å². The van der Waals surface area contributed by atoms with Crippen LogP contribution in [0.5, 0.6) is 0 Å². The molecule has 142 valence electrons. The first kappa shape index (κ1) is 17.5. The monoisotopic (exact) mass is 395 g/mol. The molecule has 0 amide bonds. The first-order valence-electron chi connectivity index (χ1n) is 9.53. The lowest BCUT2D eigenvalue weighted by Crippen LogP contribution is -2.25. The summed E-state index contributed by atoms with van der Waals surface area (Å²) in [5.74, 6) is -0.259.